The third kappa shape index (κ3) is 3.06. The minimum Gasteiger partial charge on any atom is -0.493 e. The maximum absolute atomic E-state index is 11.2. The van der Waals surface area contributed by atoms with E-state index in [2.05, 4.69) is 0 Å². The highest BCUT2D eigenvalue weighted by atomic mass is 16.5. The molecule has 0 heterocycles. The normalized spacial score (nSPS) is 9.83. The molecule has 5 heteroatoms. The van der Waals surface area contributed by atoms with Crippen LogP contribution in [-0.2, 0) is 11.3 Å². The van der Waals surface area contributed by atoms with Crippen molar-refractivity contribution in [3.8, 4) is 17.2 Å². The van der Waals surface area contributed by atoms with Gasteiger partial charge in [-0.25, -0.2) is 0 Å². The molecule has 0 bridgehead atoms. The van der Waals surface area contributed by atoms with Crippen LogP contribution in [0.2, 0.25) is 0 Å². The Morgan fingerprint density at radius 3 is 1.94 bits per heavy atom. The smallest absolute Gasteiger partial charge is 0.219 e. The fraction of sp³-hybridized carbons (Fsp3) is 0.462. The summed E-state index contributed by atoms with van der Waals surface area (Å²) >= 11 is 0. The molecule has 1 amide bonds. The van der Waals surface area contributed by atoms with E-state index in [0.29, 0.717) is 23.8 Å². The number of carbonyl (C=O) groups excluding carboxylic acids is 1. The van der Waals surface area contributed by atoms with Gasteiger partial charge in [0.05, 0.1) is 21.3 Å². The molecule has 0 aromatic heterocycles. The topological polar surface area (TPSA) is 48.0 Å². The number of methoxy groups -OCH3 is 3. The molecule has 100 valence electrons. The molecule has 1 rings (SSSR count). The summed E-state index contributed by atoms with van der Waals surface area (Å²) in [5.41, 5.74) is 0.919. The Hall–Kier alpha value is -1.91. The molecule has 0 unspecified atom stereocenters. The Bertz CT molecular complexity index is 406. The van der Waals surface area contributed by atoms with E-state index in [1.165, 1.54) is 6.92 Å². The van der Waals surface area contributed by atoms with Gasteiger partial charge >= 0.3 is 0 Å². The molecule has 1 aromatic rings. The zero-order valence-electron chi connectivity index (χ0n) is 11.4. The highest BCUT2D eigenvalue weighted by Gasteiger charge is 2.14. The Balaban J connectivity index is 3.11. The molecule has 0 saturated carbocycles. The molecule has 0 atom stereocenters. The maximum atomic E-state index is 11.2. The summed E-state index contributed by atoms with van der Waals surface area (Å²) in [5.74, 6) is 1.73. The summed E-state index contributed by atoms with van der Waals surface area (Å²) in [6.07, 6.45) is 0. The van der Waals surface area contributed by atoms with Crippen LogP contribution in [0, 0.1) is 0 Å². The maximum Gasteiger partial charge on any atom is 0.219 e. The zero-order chi connectivity index (χ0) is 13.7. The molecule has 1 aromatic carbocycles. The summed E-state index contributed by atoms with van der Waals surface area (Å²) in [4.78, 5) is 12.8. The molecule has 0 aliphatic carbocycles. The second-order valence-corrected chi connectivity index (χ2v) is 3.91. The molecular weight excluding hydrogens is 234 g/mol. The molecule has 0 N–H and O–H groups in total. The molecule has 0 spiro atoms. The molecule has 5 nitrogen and oxygen atoms in total. The van der Waals surface area contributed by atoms with Gasteiger partial charge in [-0.3, -0.25) is 4.79 Å². The van der Waals surface area contributed by atoms with Crippen LogP contribution in [0.15, 0.2) is 12.1 Å². The lowest BCUT2D eigenvalue weighted by Gasteiger charge is -2.18. The quantitative estimate of drug-likeness (QED) is 0.801. The molecule has 0 radical (unpaired) electrons. The summed E-state index contributed by atoms with van der Waals surface area (Å²) < 4.78 is 15.7. The van der Waals surface area contributed by atoms with Gasteiger partial charge in [-0.2, -0.15) is 0 Å². The summed E-state index contributed by atoms with van der Waals surface area (Å²) in [7, 11) is 6.43. The number of nitrogens with zero attached hydrogens (tertiary/aromatic N) is 1. The van der Waals surface area contributed by atoms with Gasteiger partial charge in [0.1, 0.15) is 0 Å². The lowest BCUT2D eigenvalue weighted by molar-refractivity contribution is -0.128. The Labute approximate surface area is 107 Å². The van der Waals surface area contributed by atoms with Crippen LogP contribution < -0.4 is 14.2 Å². The second-order valence-electron chi connectivity index (χ2n) is 3.91. The van der Waals surface area contributed by atoms with Crippen molar-refractivity contribution in [3.05, 3.63) is 17.7 Å². The summed E-state index contributed by atoms with van der Waals surface area (Å²) in [6.45, 7) is 2.02. The largest absolute Gasteiger partial charge is 0.493 e. The van der Waals surface area contributed by atoms with Gasteiger partial charge in [-0.05, 0) is 17.7 Å². The first-order valence-corrected chi connectivity index (χ1v) is 5.54. The zero-order valence-corrected chi connectivity index (χ0v) is 11.4. The third-order valence-electron chi connectivity index (χ3n) is 2.68. The van der Waals surface area contributed by atoms with Crippen molar-refractivity contribution in [1.29, 1.82) is 0 Å². The monoisotopic (exact) mass is 253 g/mol. The second kappa shape index (κ2) is 6.14. The van der Waals surface area contributed by atoms with E-state index in [-0.39, 0.29) is 5.91 Å². The van der Waals surface area contributed by atoms with Crippen molar-refractivity contribution in [1.82, 2.24) is 4.90 Å². The number of rotatable bonds is 5. The number of amides is 1. The fourth-order valence-electron chi connectivity index (χ4n) is 1.61. The van der Waals surface area contributed by atoms with Gasteiger partial charge in [0.15, 0.2) is 11.5 Å². The first-order chi connectivity index (χ1) is 8.53. The van der Waals surface area contributed by atoms with Crippen molar-refractivity contribution in [3.63, 3.8) is 0 Å². The number of benzene rings is 1. The molecule has 18 heavy (non-hydrogen) atoms. The number of hydrogen-bond donors (Lipinski definition) is 0. The van der Waals surface area contributed by atoms with Crippen LogP contribution in [-0.4, -0.2) is 39.2 Å². The van der Waals surface area contributed by atoms with Crippen molar-refractivity contribution in [2.45, 2.75) is 13.5 Å². The van der Waals surface area contributed by atoms with E-state index >= 15 is 0 Å². The van der Waals surface area contributed by atoms with E-state index in [1.807, 2.05) is 12.1 Å². The van der Waals surface area contributed by atoms with Crippen molar-refractivity contribution in [2.24, 2.45) is 0 Å². The summed E-state index contributed by atoms with van der Waals surface area (Å²) in [6, 6.07) is 3.67. The van der Waals surface area contributed by atoms with Crippen LogP contribution in [0.3, 0.4) is 0 Å². The van der Waals surface area contributed by atoms with Crippen molar-refractivity contribution >= 4 is 5.91 Å². The van der Waals surface area contributed by atoms with Crippen LogP contribution in [0.4, 0.5) is 0 Å². The summed E-state index contributed by atoms with van der Waals surface area (Å²) in [5, 5.41) is 0. The Morgan fingerprint density at radius 2 is 1.61 bits per heavy atom. The predicted octanol–water partition coefficient (Wildman–Crippen LogP) is 1.69. The van der Waals surface area contributed by atoms with Crippen LogP contribution >= 0.6 is 0 Å². The van der Waals surface area contributed by atoms with E-state index in [0.717, 1.165) is 5.56 Å². The number of ether oxygens (including phenoxy) is 3. The highest BCUT2D eigenvalue weighted by Crippen LogP contribution is 2.38. The average Bonchev–Trinajstić information content (AvgIpc) is 2.37. The van der Waals surface area contributed by atoms with Gasteiger partial charge in [-0.1, -0.05) is 0 Å². The van der Waals surface area contributed by atoms with Gasteiger partial charge in [0.2, 0.25) is 11.7 Å². The van der Waals surface area contributed by atoms with Gasteiger partial charge < -0.3 is 19.1 Å². The van der Waals surface area contributed by atoms with Crippen LogP contribution in [0.1, 0.15) is 12.5 Å². The molecule has 0 aliphatic heterocycles. The van der Waals surface area contributed by atoms with Gasteiger partial charge in [-0.15, -0.1) is 0 Å². The van der Waals surface area contributed by atoms with Gasteiger partial charge in [0, 0.05) is 20.5 Å². The lowest BCUT2D eigenvalue weighted by Crippen LogP contribution is -2.23. The predicted molar refractivity (Wildman–Crippen MR) is 68.2 cm³/mol. The van der Waals surface area contributed by atoms with E-state index in [4.69, 9.17) is 14.2 Å². The van der Waals surface area contributed by atoms with E-state index in [1.54, 1.807) is 33.3 Å². The first kappa shape index (κ1) is 14.2. The molecular formula is C13H19NO4. The average molecular weight is 253 g/mol. The lowest BCUT2D eigenvalue weighted by atomic mass is 10.1. The first-order valence-electron chi connectivity index (χ1n) is 5.54. The minimum atomic E-state index is 0.00347. The molecule has 0 fully saturated rings. The number of hydrogen-bond acceptors (Lipinski definition) is 4. The van der Waals surface area contributed by atoms with Crippen LogP contribution in [0.5, 0.6) is 17.2 Å². The van der Waals surface area contributed by atoms with Crippen molar-refractivity contribution < 1.29 is 19.0 Å². The Kier molecular flexibility index (Phi) is 4.83. The standard InChI is InChI=1S/C13H19NO4/c1-9(15)14(2)8-10-6-11(16-3)13(18-5)12(7-10)17-4/h6-7H,8H2,1-5H3. The SMILES string of the molecule is COc1cc(CN(C)C(C)=O)cc(OC)c1OC. The van der Waals surface area contributed by atoms with Crippen molar-refractivity contribution in [2.75, 3.05) is 28.4 Å². The number of carbonyl (C=O) groups is 1. The third-order valence-corrected chi connectivity index (χ3v) is 2.68. The van der Waals surface area contributed by atoms with Crippen LogP contribution in [0.25, 0.3) is 0 Å². The Morgan fingerprint density at radius 1 is 1.11 bits per heavy atom. The fourth-order valence-corrected chi connectivity index (χ4v) is 1.61. The van der Waals surface area contributed by atoms with E-state index < -0.39 is 0 Å². The molecule has 0 saturated heterocycles. The van der Waals surface area contributed by atoms with Gasteiger partial charge in [0.25, 0.3) is 0 Å². The minimum absolute atomic E-state index is 0.00347. The highest BCUT2D eigenvalue weighted by molar-refractivity contribution is 5.73. The molecule has 0 aliphatic rings. The van der Waals surface area contributed by atoms with E-state index in [9.17, 15) is 4.79 Å².